The average Bonchev–Trinajstić information content (AvgIpc) is 3.06. The molecular weight excluding hydrogens is 370 g/mol. The Balaban J connectivity index is 1.38. The molecule has 0 heterocycles. The fourth-order valence-corrected chi connectivity index (χ4v) is 7.61. The van der Waals surface area contributed by atoms with Crippen LogP contribution in [0, 0.1) is 29.1 Å². The SMILES string of the molecule is CCN(CC)CCOCC[C@H]1CCC2C3C(C)Cc4cc(O)ccc4C3CCC21C. The third kappa shape index (κ3) is 4.05. The molecule has 1 aromatic rings. The molecule has 3 nitrogen and oxygen atoms in total. The van der Waals surface area contributed by atoms with Crippen molar-refractivity contribution >= 4 is 0 Å². The summed E-state index contributed by atoms with van der Waals surface area (Å²) in [7, 11) is 0. The maximum atomic E-state index is 9.96. The van der Waals surface area contributed by atoms with Crippen LogP contribution in [0.15, 0.2) is 18.2 Å². The quantitative estimate of drug-likeness (QED) is 0.542. The number of likely N-dealkylation sites (N-methyl/N-ethyl adjacent to an activating group) is 1. The second-order valence-corrected chi connectivity index (χ2v) is 10.6. The summed E-state index contributed by atoms with van der Waals surface area (Å²) in [6, 6.07) is 6.17. The van der Waals surface area contributed by atoms with Gasteiger partial charge >= 0.3 is 0 Å². The van der Waals surface area contributed by atoms with E-state index in [0.29, 0.717) is 17.1 Å². The first kappa shape index (κ1) is 22.1. The minimum absolute atomic E-state index is 0.432. The number of hydrogen-bond donors (Lipinski definition) is 1. The fraction of sp³-hybridized carbons (Fsp3) is 0.778. The van der Waals surface area contributed by atoms with Crippen LogP contribution in [0.25, 0.3) is 0 Å². The molecule has 0 aromatic heterocycles. The van der Waals surface area contributed by atoms with Gasteiger partial charge in [-0.2, -0.15) is 0 Å². The largest absolute Gasteiger partial charge is 0.508 e. The van der Waals surface area contributed by atoms with Gasteiger partial charge in [-0.1, -0.05) is 33.8 Å². The van der Waals surface area contributed by atoms with Crippen molar-refractivity contribution in [3.05, 3.63) is 29.3 Å². The molecule has 2 fully saturated rings. The molecule has 1 N–H and O–H groups in total. The van der Waals surface area contributed by atoms with Gasteiger partial charge in [0, 0.05) is 13.2 Å². The van der Waals surface area contributed by atoms with Crippen LogP contribution in [0.3, 0.4) is 0 Å². The van der Waals surface area contributed by atoms with Crippen molar-refractivity contribution in [1.82, 2.24) is 4.90 Å². The maximum absolute atomic E-state index is 9.96. The number of ether oxygens (including phenoxy) is 1. The lowest BCUT2D eigenvalue weighted by Crippen LogP contribution is -2.45. The van der Waals surface area contributed by atoms with E-state index < -0.39 is 0 Å². The topological polar surface area (TPSA) is 32.7 Å². The summed E-state index contributed by atoms with van der Waals surface area (Å²) >= 11 is 0. The minimum Gasteiger partial charge on any atom is -0.508 e. The number of nitrogens with zero attached hydrogens (tertiary/aromatic N) is 1. The number of aromatic hydroxyl groups is 1. The Hall–Kier alpha value is -1.06. The summed E-state index contributed by atoms with van der Waals surface area (Å²) in [6.45, 7) is 14.6. The van der Waals surface area contributed by atoms with E-state index in [4.69, 9.17) is 4.74 Å². The summed E-state index contributed by atoms with van der Waals surface area (Å²) < 4.78 is 6.07. The van der Waals surface area contributed by atoms with Gasteiger partial charge in [0.25, 0.3) is 0 Å². The third-order valence-corrected chi connectivity index (χ3v) is 9.31. The van der Waals surface area contributed by atoms with Crippen LogP contribution in [-0.2, 0) is 11.2 Å². The maximum Gasteiger partial charge on any atom is 0.115 e. The van der Waals surface area contributed by atoms with E-state index in [1.807, 2.05) is 12.1 Å². The van der Waals surface area contributed by atoms with Crippen molar-refractivity contribution in [2.24, 2.45) is 29.1 Å². The third-order valence-electron chi connectivity index (χ3n) is 9.31. The van der Waals surface area contributed by atoms with Crippen LogP contribution in [0.1, 0.15) is 76.8 Å². The van der Waals surface area contributed by atoms with Crippen LogP contribution in [0.2, 0.25) is 0 Å². The predicted octanol–water partition coefficient (Wildman–Crippen LogP) is 5.86. The number of benzene rings is 1. The number of rotatable bonds is 8. The Morgan fingerprint density at radius 2 is 1.93 bits per heavy atom. The van der Waals surface area contributed by atoms with Gasteiger partial charge in [0.2, 0.25) is 0 Å². The molecule has 1 aromatic carbocycles. The van der Waals surface area contributed by atoms with E-state index in [0.717, 1.165) is 62.9 Å². The van der Waals surface area contributed by atoms with Crippen molar-refractivity contribution in [1.29, 1.82) is 0 Å². The first-order valence-corrected chi connectivity index (χ1v) is 12.6. The van der Waals surface area contributed by atoms with E-state index in [-0.39, 0.29) is 0 Å². The van der Waals surface area contributed by atoms with Crippen molar-refractivity contribution in [3.8, 4) is 5.75 Å². The molecule has 4 rings (SSSR count). The smallest absolute Gasteiger partial charge is 0.115 e. The molecule has 3 heteroatoms. The van der Waals surface area contributed by atoms with Gasteiger partial charge in [-0.3, -0.25) is 0 Å². The van der Waals surface area contributed by atoms with Crippen molar-refractivity contribution < 1.29 is 9.84 Å². The molecule has 0 saturated heterocycles. The first-order valence-electron chi connectivity index (χ1n) is 12.6. The molecule has 5 unspecified atom stereocenters. The van der Waals surface area contributed by atoms with Crippen molar-refractivity contribution in [2.75, 3.05) is 32.8 Å². The lowest BCUT2D eigenvalue weighted by atomic mass is 9.51. The first-order chi connectivity index (χ1) is 14.5. The Morgan fingerprint density at radius 3 is 2.70 bits per heavy atom. The van der Waals surface area contributed by atoms with Gasteiger partial charge in [-0.25, -0.2) is 0 Å². The van der Waals surface area contributed by atoms with E-state index in [1.54, 1.807) is 5.56 Å². The highest BCUT2D eigenvalue weighted by molar-refractivity contribution is 5.40. The lowest BCUT2D eigenvalue weighted by Gasteiger charge is -2.53. The molecule has 6 atom stereocenters. The number of phenolic OH excluding ortho intramolecular Hbond substituents is 1. The van der Waals surface area contributed by atoms with E-state index in [2.05, 4.69) is 38.7 Å². The van der Waals surface area contributed by atoms with Gasteiger partial charge in [-0.05, 0) is 110 Å². The Morgan fingerprint density at radius 1 is 1.13 bits per heavy atom. The molecule has 0 spiro atoms. The van der Waals surface area contributed by atoms with E-state index in [9.17, 15) is 5.11 Å². The summed E-state index contributed by atoms with van der Waals surface area (Å²) in [5, 5.41) is 9.96. The van der Waals surface area contributed by atoms with Crippen LogP contribution in [-0.4, -0.2) is 42.9 Å². The minimum atomic E-state index is 0.432. The molecule has 0 bridgehead atoms. The molecule has 3 aliphatic rings. The highest BCUT2D eigenvalue weighted by Gasteiger charge is 2.55. The van der Waals surface area contributed by atoms with Gasteiger partial charge in [-0.15, -0.1) is 0 Å². The lowest BCUT2D eigenvalue weighted by molar-refractivity contribution is -0.00512. The van der Waals surface area contributed by atoms with Gasteiger partial charge in [0.05, 0.1) is 6.61 Å². The van der Waals surface area contributed by atoms with Crippen LogP contribution >= 0.6 is 0 Å². The molecule has 30 heavy (non-hydrogen) atoms. The molecule has 0 radical (unpaired) electrons. The monoisotopic (exact) mass is 413 g/mol. The predicted molar refractivity (Wildman–Crippen MR) is 124 cm³/mol. The second-order valence-electron chi connectivity index (χ2n) is 10.6. The summed E-state index contributed by atoms with van der Waals surface area (Å²) in [5.74, 6) is 4.35. The van der Waals surface area contributed by atoms with Gasteiger partial charge in [0.1, 0.15) is 5.75 Å². The summed E-state index contributed by atoms with van der Waals surface area (Å²) in [4.78, 5) is 2.44. The molecule has 168 valence electrons. The molecule has 0 amide bonds. The molecule has 0 aliphatic heterocycles. The van der Waals surface area contributed by atoms with Crippen LogP contribution < -0.4 is 0 Å². The molecule has 3 aliphatic carbocycles. The second kappa shape index (κ2) is 9.20. The normalized spacial score (nSPS) is 35.2. The Kier molecular flexibility index (Phi) is 6.79. The standard InChI is InChI=1S/C27H43NO2/c1-5-28(6-2)14-16-30-15-12-21-7-10-25-26-19(3)17-20-18-22(29)8-9-23(20)24(26)11-13-27(21,25)4/h8-9,18-19,21,24-26,29H,5-7,10-17H2,1-4H3/t19?,21-,24?,25?,26?,27?/m1/s1. The van der Waals surface area contributed by atoms with Crippen LogP contribution in [0.5, 0.6) is 5.75 Å². The fourth-order valence-electron chi connectivity index (χ4n) is 7.61. The van der Waals surface area contributed by atoms with Crippen molar-refractivity contribution in [2.45, 2.75) is 72.1 Å². The zero-order valence-electron chi connectivity index (χ0n) is 19.7. The zero-order chi connectivity index (χ0) is 21.3. The van der Waals surface area contributed by atoms with Crippen molar-refractivity contribution in [3.63, 3.8) is 0 Å². The van der Waals surface area contributed by atoms with Gasteiger partial charge < -0.3 is 14.7 Å². The van der Waals surface area contributed by atoms with E-state index >= 15 is 0 Å². The Labute approximate surface area is 184 Å². The molecular formula is C27H43NO2. The highest BCUT2D eigenvalue weighted by atomic mass is 16.5. The number of hydrogen-bond acceptors (Lipinski definition) is 3. The van der Waals surface area contributed by atoms with Crippen LogP contribution in [0.4, 0.5) is 0 Å². The zero-order valence-corrected chi connectivity index (χ0v) is 19.7. The summed E-state index contributed by atoms with van der Waals surface area (Å²) in [5.41, 5.74) is 3.44. The summed E-state index contributed by atoms with van der Waals surface area (Å²) in [6.07, 6.45) is 7.84. The molecule has 2 saturated carbocycles. The van der Waals surface area contributed by atoms with Gasteiger partial charge in [0.15, 0.2) is 0 Å². The Bertz CT molecular complexity index is 715. The average molecular weight is 414 g/mol. The van der Waals surface area contributed by atoms with E-state index in [1.165, 1.54) is 37.7 Å². The number of fused-ring (bicyclic) bond motifs is 5. The number of phenols is 1. The highest BCUT2D eigenvalue weighted by Crippen LogP contribution is 2.64.